The van der Waals surface area contributed by atoms with Gasteiger partial charge in [-0.05, 0) is 78.5 Å². The SMILES string of the molecule is COC(=O)CNC(=O)C(CCC(=O)OC(C)(C)C)NC(=O)C(C)(C)NC(=O)[C@H](Cc1cn(C(c2ccccc2)(c2ccccc2)c2ccccc2)cn1)NC(=O)OC(C)(C)C. The van der Waals surface area contributed by atoms with E-state index in [0.717, 1.165) is 23.8 Å². The van der Waals surface area contributed by atoms with E-state index in [9.17, 15) is 28.8 Å². The molecule has 0 radical (unpaired) electrons. The standard InChI is InChI=1S/C46H58N6O9/c1-43(2,3)60-37(53)26-25-35(39(55)47-28-38(54)59-9)49-41(57)45(7,8)51-40(56)36(50-42(58)61-44(4,5)6)27-34-29-52(30-48-34)46(31-19-13-10-14-20-31,32-21-15-11-16-22-32)33-23-17-12-18-24-33/h10-24,29-30,35-36H,25-28H2,1-9H3,(H,47,55)(H,49,57)(H,50,58)(H,51,56)/t35?,36-/m0/s1. The van der Waals surface area contributed by atoms with Gasteiger partial charge in [0.15, 0.2) is 0 Å². The van der Waals surface area contributed by atoms with Crippen LogP contribution in [0.2, 0.25) is 0 Å². The minimum Gasteiger partial charge on any atom is -0.468 e. The Labute approximate surface area is 357 Å². The lowest BCUT2D eigenvalue weighted by Crippen LogP contribution is -2.62. The van der Waals surface area contributed by atoms with Crippen molar-refractivity contribution in [1.82, 2.24) is 30.8 Å². The molecule has 0 fully saturated rings. The summed E-state index contributed by atoms with van der Waals surface area (Å²) in [5.41, 5.74) is -0.957. The van der Waals surface area contributed by atoms with Crippen LogP contribution in [0.1, 0.15) is 90.6 Å². The summed E-state index contributed by atoms with van der Waals surface area (Å²) >= 11 is 0. The van der Waals surface area contributed by atoms with Gasteiger partial charge in [-0.2, -0.15) is 0 Å². The Morgan fingerprint density at radius 1 is 0.656 bits per heavy atom. The topological polar surface area (TPSA) is 196 Å². The molecule has 0 aliphatic heterocycles. The second-order valence-corrected chi connectivity index (χ2v) is 17.0. The Balaban J connectivity index is 1.66. The van der Waals surface area contributed by atoms with Crippen LogP contribution in [-0.4, -0.2) is 87.8 Å². The van der Waals surface area contributed by atoms with E-state index >= 15 is 0 Å². The molecule has 15 nitrogen and oxygen atoms in total. The van der Waals surface area contributed by atoms with Gasteiger partial charge in [-0.25, -0.2) is 9.78 Å². The van der Waals surface area contributed by atoms with Gasteiger partial charge in [-0.3, -0.25) is 24.0 Å². The average molecular weight is 839 g/mol. The largest absolute Gasteiger partial charge is 0.468 e. The molecule has 4 amide bonds. The Morgan fingerprint density at radius 2 is 1.16 bits per heavy atom. The first-order valence-electron chi connectivity index (χ1n) is 20.0. The Hall–Kier alpha value is -6.51. The molecule has 15 heteroatoms. The van der Waals surface area contributed by atoms with Crippen LogP contribution in [0, 0.1) is 0 Å². The lowest BCUT2D eigenvalue weighted by Gasteiger charge is -2.37. The summed E-state index contributed by atoms with van der Waals surface area (Å²) in [6.45, 7) is 12.5. The smallest absolute Gasteiger partial charge is 0.408 e. The summed E-state index contributed by atoms with van der Waals surface area (Å²) in [5.74, 6) is -3.63. The molecule has 1 aromatic heterocycles. The molecule has 0 aliphatic rings. The van der Waals surface area contributed by atoms with Crippen LogP contribution in [0.15, 0.2) is 104 Å². The van der Waals surface area contributed by atoms with E-state index in [-0.39, 0.29) is 19.3 Å². The highest BCUT2D eigenvalue weighted by atomic mass is 16.6. The molecule has 61 heavy (non-hydrogen) atoms. The molecule has 326 valence electrons. The van der Waals surface area contributed by atoms with E-state index in [4.69, 9.17) is 14.5 Å². The number of hydrogen-bond donors (Lipinski definition) is 4. The number of alkyl carbamates (subject to hydrolysis) is 1. The minimum atomic E-state index is -1.68. The van der Waals surface area contributed by atoms with E-state index in [1.54, 1.807) is 47.9 Å². The summed E-state index contributed by atoms with van der Waals surface area (Å²) in [6, 6.07) is 27.3. The predicted octanol–water partition coefficient (Wildman–Crippen LogP) is 4.95. The summed E-state index contributed by atoms with van der Waals surface area (Å²) in [4.78, 5) is 83.5. The van der Waals surface area contributed by atoms with Crippen molar-refractivity contribution in [1.29, 1.82) is 0 Å². The Kier molecular flexibility index (Phi) is 15.6. The second kappa shape index (κ2) is 20.2. The first kappa shape index (κ1) is 47.2. The fourth-order valence-corrected chi connectivity index (χ4v) is 6.57. The number of carbonyl (C=O) groups is 6. The van der Waals surface area contributed by atoms with Gasteiger partial charge in [0.05, 0.1) is 19.1 Å². The number of esters is 2. The van der Waals surface area contributed by atoms with Crippen molar-refractivity contribution >= 4 is 35.8 Å². The van der Waals surface area contributed by atoms with Crippen molar-refractivity contribution in [3.8, 4) is 0 Å². The monoisotopic (exact) mass is 838 g/mol. The van der Waals surface area contributed by atoms with E-state index < -0.39 is 76.7 Å². The minimum absolute atomic E-state index is 0.112. The number of hydrogen-bond acceptors (Lipinski definition) is 10. The molecule has 4 rings (SSSR count). The van der Waals surface area contributed by atoms with Crippen LogP contribution in [0.25, 0.3) is 0 Å². The Morgan fingerprint density at radius 3 is 1.64 bits per heavy atom. The van der Waals surface area contributed by atoms with Gasteiger partial charge in [-0.1, -0.05) is 91.0 Å². The molecule has 0 spiro atoms. The number of amides is 4. The zero-order valence-electron chi connectivity index (χ0n) is 36.4. The predicted molar refractivity (Wildman–Crippen MR) is 228 cm³/mol. The number of nitrogens with zero attached hydrogens (tertiary/aromatic N) is 2. The average Bonchev–Trinajstić information content (AvgIpc) is 3.66. The molecule has 0 saturated heterocycles. The van der Waals surface area contributed by atoms with Crippen LogP contribution >= 0.6 is 0 Å². The third-order valence-corrected chi connectivity index (χ3v) is 9.34. The fourth-order valence-electron chi connectivity index (χ4n) is 6.57. The number of imidazole rings is 1. The number of ether oxygens (including phenoxy) is 3. The van der Waals surface area contributed by atoms with E-state index in [0.29, 0.717) is 5.69 Å². The third-order valence-electron chi connectivity index (χ3n) is 9.34. The van der Waals surface area contributed by atoms with Crippen LogP contribution in [0.4, 0.5) is 4.79 Å². The van der Waals surface area contributed by atoms with Gasteiger partial charge in [0.1, 0.15) is 40.9 Å². The van der Waals surface area contributed by atoms with Crippen molar-refractivity contribution < 1.29 is 43.0 Å². The van der Waals surface area contributed by atoms with Gasteiger partial charge in [0, 0.05) is 19.0 Å². The van der Waals surface area contributed by atoms with Crippen molar-refractivity contribution in [2.24, 2.45) is 0 Å². The normalized spacial score (nSPS) is 12.9. The highest BCUT2D eigenvalue weighted by molar-refractivity contribution is 5.96. The van der Waals surface area contributed by atoms with Crippen molar-refractivity contribution in [2.45, 2.75) is 109 Å². The number of carbonyl (C=O) groups excluding carboxylic acids is 6. The molecular formula is C46H58N6O9. The molecule has 4 aromatic rings. The molecule has 1 heterocycles. The maximum Gasteiger partial charge on any atom is 0.408 e. The maximum absolute atomic E-state index is 14.2. The second-order valence-electron chi connectivity index (χ2n) is 17.0. The summed E-state index contributed by atoms with van der Waals surface area (Å²) in [7, 11) is 1.16. The summed E-state index contributed by atoms with van der Waals surface area (Å²) in [6.07, 6.45) is 2.11. The van der Waals surface area contributed by atoms with Gasteiger partial charge in [-0.15, -0.1) is 0 Å². The number of aromatic nitrogens is 2. The summed E-state index contributed by atoms with van der Waals surface area (Å²) < 4.78 is 17.5. The highest BCUT2D eigenvalue weighted by Crippen LogP contribution is 2.40. The Bertz CT molecular complexity index is 2030. The quantitative estimate of drug-likeness (QED) is 0.0642. The first-order valence-corrected chi connectivity index (χ1v) is 20.0. The van der Waals surface area contributed by atoms with Gasteiger partial charge >= 0.3 is 18.0 Å². The van der Waals surface area contributed by atoms with E-state index in [1.807, 2.05) is 102 Å². The van der Waals surface area contributed by atoms with Crippen LogP contribution in [0.3, 0.4) is 0 Å². The van der Waals surface area contributed by atoms with Gasteiger partial charge in [0.2, 0.25) is 17.7 Å². The van der Waals surface area contributed by atoms with Crippen molar-refractivity contribution in [2.75, 3.05) is 13.7 Å². The van der Waals surface area contributed by atoms with Crippen LogP contribution < -0.4 is 21.3 Å². The van der Waals surface area contributed by atoms with Crippen LogP contribution in [0.5, 0.6) is 0 Å². The van der Waals surface area contributed by atoms with Crippen molar-refractivity contribution in [3.05, 3.63) is 126 Å². The van der Waals surface area contributed by atoms with Gasteiger partial charge < -0.3 is 40.0 Å². The lowest BCUT2D eigenvalue weighted by atomic mass is 9.77. The molecule has 0 aliphatic carbocycles. The van der Waals surface area contributed by atoms with Crippen molar-refractivity contribution in [3.63, 3.8) is 0 Å². The molecule has 2 atom stereocenters. The molecule has 4 N–H and O–H groups in total. The van der Waals surface area contributed by atoms with E-state index in [2.05, 4.69) is 26.0 Å². The molecule has 3 aromatic carbocycles. The molecule has 0 saturated carbocycles. The first-order chi connectivity index (χ1) is 28.6. The summed E-state index contributed by atoms with van der Waals surface area (Å²) in [5, 5.41) is 10.4. The number of benzene rings is 3. The lowest BCUT2D eigenvalue weighted by molar-refractivity contribution is -0.155. The molecular weight excluding hydrogens is 781 g/mol. The highest BCUT2D eigenvalue weighted by Gasteiger charge is 2.40. The zero-order valence-corrected chi connectivity index (χ0v) is 36.4. The number of nitrogens with one attached hydrogen (secondary N) is 4. The molecule has 0 bridgehead atoms. The maximum atomic E-state index is 14.2. The fraction of sp³-hybridized carbons (Fsp3) is 0.413. The van der Waals surface area contributed by atoms with Gasteiger partial charge in [0.25, 0.3) is 0 Å². The molecule has 1 unspecified atom stereocenters. The van der Waals surface area contributed by atoms with Crippen LogP contribution in [-0.2, 0) is 50.1 Å². The zero-order chi connectivity index (χ0) is 45.0. The van der Waals surface area contributed by atoms with E-state index in [1.165, 1.54) is 13.8 Å². The number of rotatable bonds is 17. The number of methoxy groups -OCH3 is 1. The third kappa shape index (κ3) is 13.2.